The Morgan fingerprint density at radius 1 is 0.643 bits per heavy atom. The summed E-state index contributed by atoms with van der Waals surface area (Å²) < 4.78 is 0. The molecule has 0 heterocycles. The minimum atomic E-state index is -0.741. The van der Waals surface area contributed by atoms with E-state index in [1.54, 1.807) is 0 Å². The van der Waals surface area contributed by atoms with Crippen molar-refractivity contribution in [2.24, 2.45) is 0 Å². The van der Waals surface area contributed by atoms with Crippen molar-refractivity contribution >= 4 is 5.78 Å². The Hall–Kier alpha value is -3.19. The smallest absolute Gasteiger partial charge is 0.164 e. The highest BCUT2D eigenvalue weighted by Crippen LogP contribution is 2.56. The van der Waals surface area contributed by atoms with Gasteiger partial charge >= 0.3 is 0 Å². The lowest BCUT2D eigenvalue weighted by Crippen LogP contribution is -2.35. The van der Waals surface area contributed by atoms with Crippen LogP contribution in [0, 0.1) is 0 Å². The Labute approximate surface area is 166 Å². The monoisotopic (exact) mass is 362 g/mol. The molecule has 1 nitrogen and oxygen atoms in total. The summed E-state index contributed by atoms with van der Waals surface area (Å²) in [5.41, 5.74) is 4.83. The highest BCUT2D eigenvalue weighted by atomic mass is 16.1. The summed E-state index contributed by atoms with van der Waals surface area (Å²) >= 11 is 0. The first-order chi connectivity index (χ1) is 13.8. The van der Waals surface area contributed by atoms with Crippen LogP contribution in [0.3, 0.4) is 0 Å². The predicted octanol–water partition coefficient (Wildman–Crippen LogP) is 5.99. The number of carbonyl (C=O) groups excluding carboxylic acids is 1. The van der Waals surface area contributed by atoms with Crippen molar-refractivity contribution in [1.82, 2.24) is 0 Å². The molecule has 0 radical (unpaired) electrons. The fourth-order valence-electron chi connectivity index (χ4n) is 4.94. The van der Waals surface area contributed by atoms with Gasteiger partial charge in [-0.15, -0.1) is 0 Å². The van der Waals surface area contributed by atoms with Crippen molar-refractivity contribution in [2.45, 2.75) is 24.2 Å². The van der Waals surface area contributed by atoms with E-state index in [-0.39, 0.29) is 11.7 Å². The summed E-state index contributed by atoms with van der Waals surface area (Å²) in [6.07, 6.45) is 6.57. The second-order valence-corrected chi connectivity index (χ2v) is 7.54. The van der Waals surface area contributed by atoms with Gasteiger partial charge in [-0.05, 0) is 40.7 Å². The molecule has 1 fully saturated rings. The summed E-state index contributed by atoms with van der Waals surface area (Å²) in [4.78, 5) is 14.3. The van der Waals surface area contributed by atoms with E-state index in [1.165, 1.54) is 11.1 Å². The molecule has 0 amide bonds. The first-order valence-electron chi connectivity index (χ1n) is 9.95. The number of benzene rings is 3. The van der Waals surface area contributed by atoms with E-state index in [0.717, 1.165) is 29.5 Å². The molecule has 2 aliphatic carbocycles. The lowest BCUT2D eigenvalue weighted by Gasteiger charge is -2.32. The van der Waals surface area contributed by atoms with Gasteiger partial charge in [-0.25, -0.2) is 0 Å². The van der Waals surface area contributed by atoms with Crippen LogP contribution in [0.25, 0.3) is 0 Å². The maximum Gasteiger partial charge on any atom is 0.164 e. The molecular weight excluding hydrogens is 340 g/mol. The number of Topliss-reactive ketones (excluding diaryl/α,β-unsaturated/α-hetero) is 1. The van der Waals surface area contributed by atoms with Crippen LogP contribution in [0.1, 0.15) is 35.4 Å². The summed E-state index contributed by atoms with van der Waals surface area (Å²) in [5.74, 6) is 0.0451. The number of hydrogen-bond acceptors (Lipinski definition) is 1. The third-order valence-corrected chi connectivity index (χ3v) is 6.08. The molecule has 5 rings (SSSR count). The third kappa shape index (κ3) is 2.36. The second-order valence-electron chi connectivity index (χ2n) is 7.54. The Morgan fingerprint density at radius 3 is 1.71 bits per heavy atom. The number of hydrogen-bond donors (Lipinski definition) is 0. The Bertz CT molecular complexity index is 1020. The van der Waals surface area contributed by atoms with Crippen LogP contribution in [-0.2, 0) is 10.2 Å². The molecule has 1 heteroatoms. The van der Waals surface area contributed by atoms with Gasteiger partial charge in [0.05, 0.1) is 5.92 Å². The molecular formula is C27H22O. The van der Waals surface area contributed by atoms with Gasteiger partial charge < -0.3 is 0 Å². The molecule has 1 unspecified atom stereocenters. The summed E-state index contributed by atoms with van der Waals surface area (Å²) in [5, 5.41) is 0. The van der Waals surface area contributed by atoms with Crippen molar-refractivity contribution < 1.29 is 4.79 Å². The SMILES string of the molecule is O=C1C(c2ccccc2)C2=CCCC=C2C1(c1ccccc1)c1ccccc1. The number of ketones is 1. The average molecular weight is 362 g/mol. The molecule has 0 bridgehead atoms. The summed E-state index contributed by atoms with van der Waals surface area (Å²) in [6.45, 7) is 0. The zero-order valence-corrected chi connectivity index (χ0v) is 15.7. The van der Waals surface area contributed by atoms with Crippen LogP contribution in [0.4, 0.5) is 0 Å². The Morgan fingerprint density at radius 2 is 1.14 bits per heavy atom. The lowest BCUT2D eigenvalue weighted by atomic mass is 9.68. The van der Waals surface area contributed by atoms with Gasteiger partial charge in [0.1, 0.15) is 5.41 Å². The number of rotatable bonds is 3. The van der Waals surface area contributed by atoms with E-state index < -0.39 is 5.41 Å². The quantitative estimate of drug-likeness (QED) is 0.560. The normalized spacial score (nSPS) is 20.3. The lowest BCUT2D eigenvalue weighted by molar-refractivity contribution is -0.121. The topological polar surface area (TPSA) is 17.1 Å². The van der Waals surface area contributed by atoms with Crippen molar-refractivity contribution in [1.29, 1.82) is 0 Å². The van der Waals surface area contributed by atoms with Crippen LogP contribution in [-0.4, -0.2) is 5.78 Å². The van der Waals surface area contributed by atoms with Crippen molar-refractivity contribution in [3.8, 4) is 0 Å². The van der Waals surface area contributed by atoms with Gasteiger partial charge in [0.25, 0.3) is 0 Å². The summed E-state index contributed by atoms with van der Waals surface area (Å²) in [7, 11) is 0. The van der Waals surface area contributed by atoms with Gasteiger partial charge in [-0.2, -0.15) is 0 Å². The molecule has 3 aromatic carbocycles. The van der Waals surface area contributed by atoms with Crippen LogP contribution in [0.15, 0.2) is 114 Å². The molecule has 0 aromatic heterocycles. The van der Waals surface area contributed by atoms with E-state index in [9.17, 15) is 4.79 Å². The minimum Gasteiger partial charge on any atom is -0.297 e. The third-order valence-electron chi connectivity index (χ3n) is 6.08. The Kier molecular flexibility index (Phi) is 4.09. The molecule has 1 atom stereocenters. The van der Waals surface area contributed by atoms with E-state index in [4.69, 9.17) is 0 Å². The molecule has 136 valence electrons. The van der Waals surface area contributed by atoms with E-state index >= 15 is 0 Å². The first-order valence-corrected chi connectivity index (χ1v) is 9.95. The fraction of sp³-hybridized carbons (Fsp3) is 0.148. The van der Waals surface area contributed by atoms with Crippen LogP contribution < -0.4 is 0 Å². The van der Waals surface area contributed by atoms with Gasteiger partial charge in [0.2, 0.25) is 0 Å². The van der Waals surface area contributed by atoms with Gasteiger partial charge in [-0.3, -0.25) is 4.79 Å². The van der Waals surface area contributed by atoms with Crippen molar-refractivity contribution in [2.75, 3.05) is 0 Å². The van der Waals surface area contributed by atoms with Crippen LogP contribution in [0.2, 0.25) is 0 Å². The predicted molar refractivity (Wildman–Crippen MR) is 113 cm³/mol. The van der Waals surface area contributed by atoms with Crippen molar-refractivity contribution in [3.05, 3.63) is 131 Å². The minimum absolute atomic E-state index is 0.215. The number of fused-ring (bicyclic) bond motifs is 1. The van der Waals surface area contributed by atoms with Crippen molar-refractivity contribution in [3.63, 3.8) is 0 Å². The van der Waals surface area contributed by atoms with Crippen LogP contribution >= 0.6 is 0 Å². The first kappa shape index (κ1) is 16.9. The maximum absolute atomic E-state index is 14.3. The molecule has 0 spiro atoms. The zero-order chi connectivity index (χ0) is 19.0. The molecule has 2 aliphatic rings. The molecule has 28 heavy (non-hydrogen) atoms. The Balaban J connectivity index is 1.83. The van der Waals surface area contributed by atoms with Gasteiger partial charge in [0, 0.05) is 0 Å². The maximum atomic E-state index is 14.3. The summed E-state index contributed by atoms with van der Waals surface area (Å²) in [6, 6.07) is 30.8. The number of allylic oxidation sites excluding steroid dienone is 4. The van der Waals surface area contributed by atoms with Crippen LogP contribution in [0.5, 0.6) is 0 Å². The number of carbonyl (C=O) groups is 1. The fourth-order valence-corrected chi connectivity index (χ4v) is 4.94. The molecule has 1 saturated carbocycles. The van der Waals surface area contributed by atoms with E-state index in [0.29, 0.717) is 0 Å². The standard InChI is InChI=1S/C27H22O/c28-26-25(20-12-4-1-5-13-20)23-18-10-11-19-24(23)27(26,21-14-6-2-7-15-21)22-16-8-3-9-17-22/h1-9,12-19,25H,10-11H2. The van der Waals surface area contributed by atoms with E-state index in [2.05, 4.69) is 48.6 Å². The highest BCUT2D eigenvalue weighted by molar-refractivity contribution is 6.10. The van der Waals surface area contributed by atoms with Gasteiger partial charge in [0.15, 0.2) is 5.78 Å². The largest absolute Gasteiger partial charge is 0.297 e. The molecule has 3 aromatic rings. The average Bonchev–Trinajstić information content (AvgIpc) is 3.04. The van der Waals surface area contributed by atoms with E-state index in [1.807, 2.05) is 54.6 Å². The zero-order valence-electron chi connectivity index (χ0n) is 15.7. The molecule has 0 N–H and O–H groups in total. The highest BCUT2D eigenvalue weighted by Gasteiger charge is 2.56. The van der Waals surface area contributed by atoms with Gasteiger partial charge in [-0.1, -0.05) is 103 Å². The molecule has 0 aliphatic heterocycles. The second kappa shape index (κ2) is 6.76. The molecule has 0 saturated heterocycles.